The van der Waals surface area contributed by atoms with Gasteiger partial charge >= 0.3 is 0 Å². The first kappa shape index (κ1) is 32.9. The van der Waals surface area contributed by atoms with E-state index in [9.17, 15) is 0 Å². The number of nitrogens with zero attached hydrogens (tertiary/aromatic N) is 2. The summed E-state index contributed by atoms with van der Waals surface area (Å²) in [6.07, 6.45) is 8.17. The Hall–Kier alpha value is -2.23. The van der Waals surface area contributed by atoms with E-state index in [0.717, 1.165) is 40.2 Å². The van der Waals surface area contributed by atoms with Gasteiger partial charge in [-0.15, -0.1) is 18.5 Å². The first-order chi connectivity index (χ1) is 22.8. The molecule has 4 bridgehead atoms. The topological polar surface area (TPSA) is 25.8 Å². The molecule has 4 fully saturated rings. The number of hydrogen-bond donors (Lipinski definition) is 0. The third-order valence-corrected chi connectivity index (χ3v) is 18.2. The summed E-state index contributed by atoms with van der Waals surface area (Å²) in [5.41, 5.74) is 7.51. The van der Waals surface area contributed by atoms with E-state index in [1.54, 1.807) is 15.9 Å². The molecule has 0 aliphatic heterocycles. The predicted octanol–water partition coefficient (Wildman–Crippen LogP) is 9.61. The summed E-state index contributed by atoms with van der Waals surface area (Å²) in [5, 5.41) is 5.09. The summed E-state index contributed by atoms with van der Waals surface area (Å²) in [7, 11) is 3.23. The van der Waals surface area contributed by atoms with Crippen LogP contribution in [0.3, 0.4) is 0 Å². The molecule has 0 amide bonds. The molecule has 0 spiro atoms. The van der Waals surface area contributed by atoms with Crippen LogP contribution in [0.5, 0.6) is 0 Å². The van der Waals surface area contributed by atoms with Gasteiger partial charge in [0.05, 0.1) is 43.7 Å². The molecule has 2 nitrogen and oxygen atoms in total. The van der Waals surface area contributed by atoms with Crippen LogP contribution in [-0.2, 0) is 10.6 Å². The second kappa shape index (κ2) is 11.7. The number of pyridine rings is 2. The quantitative estimate of drug-likeness (QED) is 0.125. The molecule has 2 aromatic heterocycles. The van der Waals surface area contributed by atoms with E-state index >= 15 is 0 Å². The predicted molar refractivity (Wildman–Crippen MR) is 219 cm³/mol. The fourth-order valence-electron chi connectivity index (χ4n) is 10.5. The van der Waals surface area contributed by atoms with Crippen LogP contribution in [-0.4, -0.2) is 32.3 Å². The molecule has 4 saturated carbocycles. The molecule has 0 radical (unpaired) electrons. The van der Waals surface area contributed by atoms with Gasteiger partial charge in [-0.25, -0.2) is 0 Å². The van der Waals surface area contributed by atoms with E-state index in [0.29, 0.717) is 5.92 Å². The average Bonchev–Trinajstić information content (AvgIpc) is 3.05. The van der Waals surface area contributed by atoms with Crippen molar-refractivity contribution >= 4 is 66.8 Å². The Morgan fingerprint density at radius 2 is 1.19 bits per heavy atom. The molecule has 4 aliphatic rings. The summed E-state index contributed by atoms with van der Waals surface area (Å²) >= 11 is 0. The zero-order valence-electron chi connectivity index (χ0n) is 29.7. The van der Waals surface area contributed by atoms with Crippen LogP contribution >= 0.6 is 18.5 Å². The molecule has 5 atom stereocenters. The minimum absolute atomic E-state index is 0.188. The van der Waals surface area contributed by atoms with Crippen molar-refractivity contribution in [3.8, 4) is 0 Å². The van der Waals surface area contributed by atoms with Crippen molar-refractivity contribution in [3.05, 3.63) is 107 Å². The van der Waals surface area contributed by atoms with E-state index in [1.165, 1.54) is 54.6 Å². The zero-order valence-corrected chi connectivity index (χ0v) is 34.0. The molecule has 5 unspecified atom stereocenters. The van der Waals surface area contributed by atoms with Crippen LogP contribution in [0, 0.1) is 23.7 Å². The first-order valence-electron chi connectivity index (χ1n) is 18.2. The van der Waals surface area contributed by atoms with E-state index in [4.69, 9.17) is 9.97 Å². The van der Waals surface area contributed by atoms with Crippen LogP contribution in [0.2, 0.25) is 39.3 Å². The van der Waals surface area contributed by atoms with E-state index in [1.807, 2.05) is 0 Å². The van der Waals surface area contributed by atoms with Crippen LogP contribution in [0.25, 0.3) is 21.8 Å². The molecule has 5 aromatic rings. The second-order valence-corrected chi connectivity index (χ2v) is 29.1. The minimum Gasteiger partial charge on any atom is -0.251 e. The Bertz CT molecular complexity index is 1950. The maximum Gasteiger partial charge on any atom is 0.0936 e. The van der Waals surface area contributed by atoms with Gasteiger partial charge in [0, 0.05) is 10.8 Å². The van der Waals surface area contributed by atoms with Crippen LogP contribution in [0.1, 0.15) is 54.6 Å². The van der Waals surface area contributed by atoms with E-state index < -0.39 is 21.3 Å². The highest BCUT2D eigenvalue weighted by Gasteiger charge is 2.58. The monoisotopic (exact) mass is 702 g/mol. The van der Waals surface area contributed by atoms with Crippen molar-refractivity contribution < 1.29 is 0 Å². The third-order valence-electron chi connectivity index (χ3n) is 12.5. The molecular formula is C42H52N2P2Si2. The van der Waals surface area contributed by atoms with Crippen LogP contribution in [0.4, 0.5) is 0 Å². The molecule has 0 N–H and O–H groups in total. The molecular weight excluding hydrogens is 651 g/mol. The van der Waals surface area contributed by atoms with Gasteiger partial charge in [0.1, 0.15) is 0 Å². The Morgan fingerprint density at radius 1 is 0.688 bits per heavy atom. The maximum atomic E-state index is 5.52. The Balaban J connectivity index is 1.50. The third kappa shape index (κ3) is 5.23. The number of para-hydroxylation sites is 2. The summed E-state index contributed by atoms with van der Waals surface area (Å²) in [6, 6.07) is 31.9. The lowest BCUT2D eigenvalue weighted by Gasteiger charge is -2.62. The van der Waals surface area contributed by atoms with Gasteiger partial charge in [0.2, 0.25) is 0 Å². The fraction of sp³-hybridized carbons (Fsp3) is 0.429. The molecule has 9 rings (SSSR count). The SMILES string of the molecule is C[Si](C)(C)c1cc(C(P)(c2ccc3ccccc3n2)c2ccc3ccccc3n2)c(C23CC4CC(CC(C4)C2CP)C3)cc1[Si](C)(C)C. The highest BCUT2D eigenvalue weighted by molar-refractivity contribution is 7.19. The van der Waals surface area contributed by atoms with Gasteiger partial charge in [0.15, 0.2) is 0 Å². The van der Waals surface area contributed by atoms with Crippen molar-refractivity contribution in [2.24, 2.45) is 23.7 Å². The van der Waals surface area contributed by atoms with Crippen molar-refractivity contribution in [2.45, 2.75) is 82.0 Å². The van der Waals surface area contributed by atoms with Gasteiger partial charge in [-0.2, -0.15) is 0 Å². The molecule has 3 aromatic carbocycles. The van der Waals surface area contributed by atoms with Crippen molar-refractivity contribution in [1.29, 1.82) is 0 Å². The number of aromatic nitrogens is 2. The van der Waals surface area contributed by atoms with Gasteiger partial charge in [-0.3, -0.25) is 9.97 Å². The number of rotatable bonds is 7. The maximum absolute atomic E-state index is 5.52. The Labute approximate surface area is 294 Å². The van der Waals surface area contributed by atoms with Crippen LogP contribution in [0.15, 0.2) is 84.9 Å². The molecule has 2 heterocycles. The summed E-state index contributed by atoms with van der Waals surface area (Å²) in [4.78, 5) is 11.0. The van der Waals surface area contributed by atoms with Gasteiger partial charge in [-0.1, -0.05) is 110 Å². The van der Waals surface area contributed by atoms with Gasteiger partial charge < -0.3 is 0 Å². The van der Waals surface area contributed by atoms with Crippen LogP contribution < -0.4 is 10.4 Å². The normalized spacial score (nSPS) is 25.7. The average molecular weight is 703 g/mol. The Kier molecular flexibility index (Phi) is 8.00. The Morgan fingerprint density at radius 3 is 1.69 bits per heavy atom. The molecule has 4 aliphatic carbocycles. The molecule has 0 saturated heterocycles. The lowest BCUT2D eigenvalue weighted by atomic mass is 9.43. The lowest BCUT2D eigenvalue weighted by Crippen LogP contribution is -2.60. The van der Waals surface area contributed by atoms with Crippen molar-refractivity contribution in [2.75, 3.05) is 6.16 Å². The fourth-order valence-corrected chi connectivity index (χ4v) is 17.1. The molecule has 6 heteroatoms. The van der Waals surface area contributed by atoms with Gasteiger partial charge in [0.25, 0.3) is 0 Å². The van der Waals surface area contributed by atoms with Crippen molar-refractivity contribution in [1.82, 2.24) is 9.97 Å². The van der Waals surface area contributed by atoms with E-state index in [2.05, 4.69) is 143 Å². The summed E-state index contributed by atoms with van der Waals surface area (Å²) in [6.45, 7) is 15.4. The molecule has 248 valence electrons. The van der Waals surface area contributed by atoms with Gasteiger partial charge in [-0.05, 0) is 103 Å². The molecule has 48 heavy (non-hydrogen) atoms. The zero-order chi connectivity index (χ0) is 33.6. The second-order valence-electron chi connectivity index (χ2n) is 17.6. The first-order valence-corrected chi connectivity index (χ1v) is 26.6. The number of fused-ring (bicyclic) bond motifs is 2. The highest BCUT2D eigenvalue weighted by atomic mass is 31.0. The minimum atomic E-state index is -1.74. The highest BCUT2D eigenvalue weighted by Crippen LogP contribution is 2.65. The standard InChI is InChI=1S/C42H52N2P2Si2/c1-47(2,3)37-22-32(41-24-27-19-28(25-41)21-31(20-27)34(41)26-45)33(23-38(37)48(4,5)6)42(46,39-17-15-29-11-7-9-13-35(29)43-39)40-18-16-30-12-8-10-14-36(30)44-40/h7-18,22-23,27-28,31,34H,19-21,24-26,45-46H2,1-6H3. The summed E-state index contributed by atoms with van der Waals surface area (Å²) < 4.78 is 0. The summed E-state index contributed by atoms with van der Waals surface area (Å²) in [5.74, 6) is 3.24. The van der Waals surface area contributed by atoms with Crippen molar-refractivity contribution in [3.63, 3.8) is 0 Å². The van der Waals surface area contributed by atoms with E-state index in [-0.39, 0.29) is 5.41 Å². The largest absolute Gasteiger partial charge is 0.251 e. The smallest absolute Gasteiger partial charge is 0.0936 e. The lowest BCUT2D eigenvalue weighted by molar-refractivity contribution is -0.0521. The number of benzene rings is 3. The number of hydrogen-bond acceptors (Lipinski definition) is 2.